The van der Waals surface area contributed by atoms with Gasteiger partial charge in [-0.05, 0) is 67.5 Å². The average molecular weight is 501 g/mol. The number of hydrogen-bond donors (Lipinski definition) is 2. The zero-order valence-corrected chi connectivity index (χ0v) is 20.9. The van der Waals surface area contributed by atoms with E-state index in [1.165, 1.54) is 22.7 Å². The van der Waals surface area contributed by atoms with Crippen LogP contribution in [0.25, 0.3) is 22.0 Å². The van der Waals surface area contributed by atoms with Crippen molar-refractivity contribution in [1.82, 2.24) is 14.3 Å². The molecule has 4 rings (SSSR count). The molecule has 2 N–H and O–H groups in total. The van der Waals surface area contributed by atoms with Crippen LogP contribution in [0.5, 0.6) is 5.75 Å². The number of benzene rings is 2. The zero-order valence-electron chi connectivity index (χ0n) is 19.3. The molecular weight excluding hydrogens is 472 g/mol. The predicted octanol–water partition coefficient (Wildman–Crippen LogP) is 4.23. The van der Waals surface area contributed by atoms with E-state index in [2.05, 4.69) is 27.5 Å². The lowest BCUT2D eigenvalue weighted by molar-refractivity contribution is 0.121. The first-order chi connectivity index (χ1) is 16.0. The number of fused-ring (bicyclic) bond motifs is 1. The molecule has 9 heteroatoms. The molecule has 0 bridgehead atoms. The third kappa shape index (κ3) is 5.40. The SMILES string of the molecule is CC(C)Oc1ccc(-c2nc(-c3cccc4c3CC[C@H]4N(CCO)CCO)ns2)cc1C#N.Cl. The van der Waals surface area contributed by atoms with Crippen LogP contribution in [0.1, 0.15) is 43.0 Å². The largest absolute Gasteiger partial charge is 0.490 e. The number of aliphatic hydroxyl groups excluding tert-OH is 2. The molecule has 0 fully saturated rings. The van der Waals surface area contributed by atoms with E-state index >= 15 is 0 Å². The average Bonchev–Trinajstić information content (AvgIpc) is 3.46. The molecule has 0 aliphatic heterocycles. The van der Waals surface area contributed by atoms with Crippen LogP contribution >= 0.6 is 23.9 Å². The summed E-state index contributed by atoms with van der Waals surface area (Å²) in [5.41, 5.74) is 4.78. The van der Waals surface area contributed by atoms with Gasteiger partial charge in [-0.3, -0.25) is 4.90 Å². The second kappa shape index (κ2) is 11.7. The molecule has 0 amide bonds. The van der Waals surface area contributed by atoms with Crippen LogP contribution in [0.3, 0.4) is 0 Å². The van der Waals surface area contributed by atoms with E-state index < -0.39 is 0 Å². The Balaban J connectivity index is 0.00000324. The molecule has 1 aliphatic carbocycles. The Labute approximate surface area is 210 Å². The molecule has 0 unspecified atom stereocenters. The molecule has 7 nitrogen and oxygen atoms in total. The number of nitriles is 1. The van der Waals surface area contributed by atoms with Crippen molar-refractivity contribution < 1.29 is 14.9 Å². The fraction of sp³-hybridized carbons (Fsp3) is 0.400. The number of nitrogens with zero attached hydrogens (tertiary/aromatic N) is 4. The summed E-state index contributed by atoms with van der Waals surface area (Å²) in [5.74, 6) is 1.26. The maximum Gasteiger partial charge on any atom is 0.173 e. The smallest absolute Gasteiger partial charge is 0.173 e. The maximum absolute atomic E-state index is 9.54. The van der Waals surface area contributed by atoms with E-state index in [0.29, 0.717) is 30.2 Å². The van der Waals surface area contributed by atoms with Crippen molar-refractivity contribution in [2.24, 2.45) is 0 Å². The zero-order chi connectivity index (χ0) is 23.4. The molecular formula is C25H29ClN4O3S. The molecule has 0 spiro atoms. The maximum atomic E-state index is 9.54. The van der Waals surface area contributed by atoms with Crippen LogP contribution in [-0.4, -0.2) is 56.9 Å². The Morgan fingerprint density at radius 2 is 1.97 bits per heavy atom. The van der Waals surface area contributed by atoms with E-state index in [4.69, 9.17) is 9.72 Å². The van der Waals surface area contributed by atoms with Crippen LogP contribution in [0.4, 0.5) is 0 Å². The molecule has 1 aliphatic rings. The Hall–Kier alpha value is -2.54. The van der Waals surface area contributed by atoms with Crippen LogP contribution in [-0.2, 0) is 6.42 Å². The van der Waals surface area contributed by atoms with Crippen molar-refractivity contribution in [2.75, 3.05) is 26.3 Å². The molecule has 2 aromatic carbocycles. The highest BCUT2D eigenvalue weighted by Gasteiger charge is 2.30. The lowest BCUT2D eigenvalue weighted by atomic mass is 10.0. The molecule has 0 saturated carbocycles. The van der Waals surface area contributed by atoms with Gasteiger partial charge >= 0.3 is 0 Å². The van der Waals surface area contributed by atoms with E-state index in [1.54, 1.807) is 6.07 Å². The third-order valence-electron chi connectivity index (χ3n) is 5.83. The van der Waals surface area contributed by atoms with Gasteiger partial charge in [-0.15, -0.1) is 12.4 Å². The lowest BCUT2D eigenvalue weighted by Crippen LogP contribution is -2.32. The van der Waals surface area contributed by atoms with Crippen molar-refractivity contribution in [3.8, 4) is 33.8 Å². The fourth-order valence-electron chi connectivity index (χ4n) is 4.46. The minimum Gasteiger partial charge on any atom is -0.490 e. The lowest BCUT2D eigenvalue weighted by Gasteiger charge is -2.28. The van der Waals surface area contributed by atoms with E-state index in [-0.39, 0.29) is 37.8 Å². The molecule has 1 heterocycles. The monoisotopic (exact) mass is 500 g/mol. The van der Waals surface area contributed by atoms with Crippen LogP contribution < -0.4 is 4.74 Å². The van der Waals surface area contributed by atoms with Gasteiger partial charge in [-0.2, -0.15) is 9.64 Å². The Bertz CT molecular complexity index is 1160. The first-order valence-corrected chi connectivity index (χ1v) is 12.0. The Morgan fingerprint density at radius 3 is 2.65 bits per heavy atom. The van der Waals surface area contributed by atoms with Gasteiger partial charge < -0.3 is 14.9 Å². The summed E-state index contributed by atoms with van der Waals surface area (Å²) in [7, 11) is 0. The summed E-state index contributed by atoms with van der Waals surface area (Å²) in [6.07, 6.45) is 1.83. The van der Waals surface area contributed by atoms with Crippen molar-refractivity contribution in [3.63, 3.8) is 0 Å². The molecule has 3 aromatic rings. The van der Waals surface area contributed by atoms with Gasteiger partial charge in [0.15, 0.2) is 5.82 Å². The number of ether oxygens (including phenoxy) is 1. The summed E-state index contributed by atoms with van der Waals surface area (Å²) in [6, 6.07) is 14.1. The molecule has 0 radical (unpaired) electrons. The highest BCUT2D eigenvalue weighted by molar-refractivity contribution is 7.09. The van der Waals surface area contributed by atoms with Gasteiger partial charge in [0.2, 0.25) is 0 Å². The fourth-order valence-corrected chi connectivity index (χ4v) is 5.13. The second-order valence-corrected chi connectivity index (χ2v) is 9.08. The summed E-state index contributed by atoms with van der Waals surface area (Å²) < 4.78 is 10.4. The van der Waals surface area contributed by atoms with Gasteiger partial charge in [-0.1, -0.05) is 18.2 Å². The number of hydrogen-bond acceptors (Lipinski definition) is 8. The standard InChI is InChI=1S/C25H28N4O3S.ClH/c1-16(2)32-23-9-6-17(14-18(23)15-26)25-27-24(28-33-25)21-5-3-4-20-19(21)7-8-22(20)29(10-12-30)11-13-31;/h3-6,9,14,16,22,30-31H,7-8,10-13H2,1-2H3;1H/t22-;/m1./s1. The summed E-state index contributed by atoms with van der Waals surface area (Å²) in [4.78, 5) is 6.94. The van der Waals surface area contributed by atoms with Crippen molar-refractivity contribution in [3.05, 3.63) is 53.1 Å². The number of halogens is 1. The first kappa shape index (κ1) is 26.1. The minimum absolute atomic E-state index is 0. The minimum atomic E-state index is -0.00855. The predicted molar refractivity (Wildman–Crippen MR) is 135 cm³/mol. The van der Waals surface area contributed by atoms with Crippen molar-refractivity contribution in [1.29, 1.82) is 5.26 Å². The summed E-state index contributed by atoms with van der Waals surface area (Å²) in [6.45, 7) is 5.06. The molecule has 1 aromatic heterocycles. The van der Waals surface area contributed by atoms with Crippen LogP contribution in [0.15, 0.2) is 36.4 Å². The highest BCUT2D eigenvalue weighted by atomic mass is 35.5. The second-order valence-electron chi connectivity index (χ2n) is 8.32. The van der Waals surface area contributed by atoms with Gasteiger partial charge in [-0.25, -0.2) is 4.98 Å². The number of aliphatic hydroxyl groups is 2. The first-order valence-electron chi connectivity index (χ1n) is 11.2. The van der Waals surface area contributed by atoms with Gasteiger partial charge in [0, 0.05) is 30.3 Å². The van der Waals surface area contributed by atoms with Gasteiger partial charge in [0.05, 0.1) is 24.9 Å². The van der Waals surface area contributed by atoms with Crippen molar-refractivity contribution in [2.45, 2.75) is 38.8 Å². The molecule has 0 saturated heterocycles. The van der Waals surface area contributed by atoms with E-state index in [0.717, 1.165) is 29.0 Å². The number of rotatable bonds is 9. The third-order valence-corrected chi connectivity index (χ3v) is 6.59. The van der Waals surface area contributed by atoms with E-state index in [9.17, 15) is 15.5 Å². The van der Waals surface area contributed by atoms with Crippen LogP contribution in [0.2, 0.25) is 0 Å². The Kier molecular flexibility index (Phi) is 9.00. The van der Waals surface area contributed by atoms with Gasteiger partial charge in [0.25, 0.3) is 0 Å². The molecule has 34 heavy (non-hydrogen) atoms. The normalized spacial score (nSPS) is 14.7. The van der Waals surface area contributed by atoms with Gasteiger partial charge in [0.1, 0.15) is 16.8 Å². The quantitative estimate of drug-likeness (QED) is 0.453. The Morgan fingerprint density at radius 1 is 1.21 bits per heavy atom. The number of aromatic nitrogens is 2. The van der Waals surface area contributed by atoms with Crippen molar-refractivity contribution >= 4 is 23.9 Å². The molecule has 180 valence electrons. The summed E-state index contributed by atoms with van der Waals surface area (Å²) in [5, 5.41) is 29.2. The van der Waals surface area contributed by atoms with E-state index in [1.807, 2.05) is 32.0 Å². The summed E-state index contributed by atoms with van der Waals surface area (Å²) >= 11 is 1.32. The highest BCUT2D eigenvalue weighted by Crippen LogP contribution is 2.40. The topological polar surface area (TPSA) is 102 Å². The molecule has 1 atom stereocenters. The van der Waals surface area contributed by atoms with Crippen LogP contribution in [0, 0.1) is 11.3 Å².